The average molecular weight is 410 g/mol. The van der Waals surface area contributed by atoms with Gasteiger partial charge >= 0.3 is 6.18 Å². The van der Waals surface area contributed by atoms with E-state index in [1.807, 2.05) is 20.8 Å². The molecular weight excluding hydrogens is 388 g/mol. The molecule has 9 heteroatoms. The smallest absolute Gasteiger partial charge is 0.357 e. The maximum absolute atomic E-state index is 12.1. The van der Waals surface area contributed by atoms with Crippen molar-refractivity contribution in [1.82, 2.24) is 15.5 Å². The fourth-order valence-corrected chi connectivity index (χ4v) is 1.22. The number of halogens is 4. The summed E-state index contributed by atoms with van der Waals surface area (Å²) >= 11 is 0. The van der Waals surface area contributed by atoms with Crippen LogP contribution in [0.3, 0.4) is 0 Å². The first kappa shape index (κ1) is 21.6. The van der Waals surface area contributed by atoms with Crippen molar-refractivity contribution in [1.29, 1.82) is 0 Å². The van der Waals surface area contributed by atoms with E-state index >= 15 is 0 Å². The minimum Gasteiger partial charge on any atom is -0.357 e. The van der Waals surface area contributed by atoms with E-state index in [9.17, 15) is 18.0 Å². The van der Waals surface area contributed by atoms with Crippen molar-refractivity contribution in [2.75, 3.05) is 26.7 Å². The zero-order chi connectivity index (χ0) is 15.1. The molecule has 0 aliphatic heterocycles. The Morgan fingerprint density at radius 3 is 2.30 bits per heavy atom. The number of aliphatic imine (C=N–C) groups is 1. The molecule has 20 heavy (non-hydrogen) atoms. The lowest BCUT2D eigenvalue weighted by Crippen LogP contribution is -2.42. The van der Waals surface area contributed by atoms with Crippen LogP contribution in [0.5, 0.6) is 0 Å². The van der Waals surface area contributed by atoms with Crippen molar-refractivity contribution >= 4 is 35.8 Å². The zero-order valence-corrected chi connectivity index (χ0v) is 14.4. The third kappa shape index (κ3) is 11.1. The van der Waals surface area contributed by atoms with Crippen LogP contribution in [0.1, 0.15) is 20.8 Å². The highest BCUT2D eigenvalue weighted by molar-refractivity contribution is 14.0. The Morgan fingerprint density at radius 1 is 1.35 bits per heavy atom. The first-order chi connectivity index (χ1) is 8.65. The predicted octanol–water partition coefficient (Wildman–Crippen LogP) is 1.59. The monoisotopic (exact) mass is 410 g/mol. The van der Waals surface area contributed by atoms with E-state index in [2.05, 4.69) is 15.6 Å². The molecule has 5 nitrogen and oxygen atoms in total. The highest BCUT2D eigenvalue weighted by atomic mass is 127. The summed E-state index contributed by atoms with van der Waals surface area (Å²) in [5.41, 5.74) is 0. The minimum atomic E-state index is -4.39. The number of nitrogens with zero attached hydrogens (tertiary/aromatic N) is 2. The van der Waals surface area contributed by atoms with Gasteiger partial charge in [-0.3, -0.25) is 4.79 Å². The van der Waals surface area contributed by atoms with Gasteiger partial charge in [0.1, 0.15) is 13.1 Å². The van der Waals surface area contributed by atoms with E-state index in [0.29, 0.717) is 17.4 Å². The van der Waals surface area contributed by atoms with Crippen LogP contribution in [0, 0.1) is 0 Å². The van der Waals surface area contributed by atoms with Crippen molar-refractivity contribution in [3.63, 3.8) is 0 Å². The average Bonchev–Trinajstić information content (AvgIpc) is 2.22. The second kappa shape index (κ2) is 10.1. The van der Waals surface area contributed by atoms with Crippen molar-refractivity contribution in [2.45, 2.75) is 33.0 Å². The van der Waals surface area contributed by atoms with Gasteiger partial charge in [-0.1, -0.05) is 0 Å². The molecule has 0 saturated heterocycles. The van der Waals surface area contributed by atoms with Crippen LogP contribution in [0.2, 0.25) is 0 Å². The molecule has 0 spiro atoms. The lowest BCUT2D eigenvalue weighted by molar-refractivity contribution is -0.157. The standard InChI is InChI=1S/C11H21F3N4O.HI/c1-5-15-10(17-8(2)3)16-6-9(19)18(4)7-11(12,13)14;/h8H,5-7H2,1-4H3,(H2,15,16,17);1H. The van der Waals surface area contributed by atoms with Gasteiger partial charge in [0.15, 0.2) is 5.96 Å². The Morgan fingerprint density at radius 2 is 1.90 bits per heavy atom. The summed E-state index contributed by atoms with van der Waals surface area (Å²) in [4.78, 5) is 16.0. The van der Waals surface area contributed by atoms with Crippen molar-refractivity contribution in [2.24, 2.45) is 4.99 Å². The molecule has 0 rings (SSSR count). The third-order valence-electron chi connectivity index (χ3n) is 1.98. The molecule has 0 saturated carbocycles. The van der Waals surface area contributed by atoms with Crippen molar-refractivity contribution in [3.05, 3.63) is 0 Å². The van der Waals surface area contributed by atoms with Gasteiger partial charge in [0, 0.05) is 19.6 Å². The molecule has 0 radical (unpaired) electrons. The molecule has 0 fully saturated rings. The fraction of sp³-hybridized carbons (Fsp3) is 0.818. The number of guanidine groups is 1. The highest BCUT2D eigenvalue weighted by Crippen LogP contribution is 2.15. The van der Waals surface area contributed by atoms with Crippen LogP contribution >= 0.6 is 24.0 Å². The Kier molecular flexibility index (Phi) is 10.8. The minimum absolute atomic E-state index is 0. The first-order valence-electron chi connectivity index (χ1n) is 6.01. The molecular formula is C11H22F3IN4O. The van der Waals surface area contributed by atoms with Gasteiger partial charge in [-0.2, -0.15) is 13.2 Å². The van der Waals surface area contributed by atoms with Gasteiger partial charge in [0.05, 0.1) is 0 Å². The lowest BCUT2D eigenvalue weighted by atomic mass is 10.4. The lowest BCUT2D eigenvalue weighted by Gasteiger charge is -2.18. The van der Waals surface area contributed by atoms with Crippen LogP contribution < -0.4 is 10.6 Å². The number of rotatable bonds is 5. The zero-order valence-electron chi connectivity index (χ0n) is 12.0. The molecule has 0 aromatic carbocycles. The first-order valence-corrected chi connectivity index (χ1v) is 6.01. The third-order valence-corrected chi connectivity index (χ3v) is 1.98. The number of amides is 1. The summed E-state index contributed by atoms with van der Waals surface area (Å²) in [6.07, 6.45) is -4.39. The second-order valence-corrected chi connectivity index (χ2v) is 4.36. The van der Waals surface area contributed by atoms with Crippen molar-refractivity contribution in [3.8, 4) is 0 Å². The summed E-state index contributed by atoms with van der Waals surface area (Å²) in [5.74, 6) is -0.274. The SMILES string of the molecule is CCNC(=NCC(=O)N(C)CC(F)(F)F)NC(C)C.I. The Bertz CT molecular complexity index is 321. The van der Waals surface area contributed by atoms with E-state index in [-0.39, 0.29) is 36.6 Å². The van der Waals surface area contributed by atoms with E-state index < -0.39 is 18.6 Å². The Labute approximate surface area is 134 Å². The van der Waals surface area contributed by atoms with Gasteiger partial charge < -0.3 is 15.5 Å². The molecule has 120 valence electrons. The number of nitrogens with one attached hydrogen (secondary N) is 2. The molecule has 0 aliphatic carbocycles. The molecule has 0 unspecified atom stereocenters. The summed E-state index contributed by atoms with van der Waals surface area (Å²) in [6, 6.07) is 0.112. The topological polar surface area (TPSA) is 56.7 Å². The van der Waals surface area contributed by atoms with Gasteiger partial charge in [0.2, 0.25) is 5.91 Å². The summed E-state index contributed by atoms with van der Waals surface area (Å²) < 4.78 is 36.3. The molecule has 0 heterocycles. The number of carbonyl (C=O) groups excluding carboxylic acids is 1. The van der Waals surface area contributed by atoms with Gasteiger partial charge in [-0.25, -0.2) is 4.99 Å². The second-order valence-electron chi connectivity index (χ2n) is 4.36. The molecule has 0 aliphatic rings. The molecule has 0 aromatic rings. The number of alkyl halides is 3. The number of hydrogen-bond acceptors (Lipinski definition) is 2. The van der Waals surface area contributed by atoms with Crippen LogP contribution in [-0.4, -0.2) is 55.7 Å². The maximum atomic E-state index is 12.1. The van der Waals surface area contributed by atoms with Gasteiger partial charge in [-0.05, 0) is 20.8 Å². The molecule has 0 aromatic heterocycles. The van der Waals surface area contributed by atoms with Crippen LogP contribution in [0.25, 0.3) is 0 Å². The predicted molar refractivity (Wildman–Crippen MR) is 83.4 cm³/mol. The fourth-order valence-electron chi connectivity index (χ4n) is 1.22. The van der Waals surface area contributed by atoms with E-state index in [1.165, 1.54) is 0 Å². The number of hydrogen-bond donors (Lipinski definition) is 2. The summed E-state index contributed by atoms with van der Waals surface area (Å²) in [6.45, 7) is 4.65. The summed E-state index contributed by atoms with van der Waals surface area (Å²) in [7, 11) is 1.11. The van der Waals surface area contributed by atoms with Gasteiger partial charge in [0.25, 0.3) is 0 Å². The number of carbonyl (C=O) groups is 1. The van der Waals surface area contributed by atoms with Crippen LogP contribution in [0.4, 0.5) is 13.2 Å². The maximum Gasteiger partial charge on any atom is 0.406 e. The van der Waals surface area contributed by atoms with E-state index in [4.69, 9.17) is 0 Å². The molecule has 0 bridgehead atoms. The largest absolute Gasteiger partial charge is 0.406 e. The molecule has 2 N–H and O–H groups in total. The van der Waals surface area contributed by atoms with Crippen molar-refractivity contribution < 1.29 is 18.0 Å². The quantitative estimate of drug-likeness (QED) is 0.411. The Balaban J connectivity index is 0. The normalized spacial score (nSPS) is 11.9. The van der Waals surface area contributed by atoms with E-state index in [1.54, 1.807) is 0 Å². The number of likely N-dealkylation sites (N-methyl/N-ethyl adjacent to an activating group) is 1. The molecule has 1 amide bonds. The van der Waals surface area contributed by atoms with Crippen LogP contribution in [0.15, 0.2) is 4.99 Å². The molecule has 0 atom stereocenters. The van der Waals surface area contributed by atoms with Crippen LogP contribution in [-0.2, 0) is 4.79 Å². The van der Waals surface area contributed by atoms with E-state index in [0.717, 1.165) is 7.05 Å². The van der Waals surface area contributed by atoms with Gasteiger partial charge in [-0.15, -0.1) is 24.0 Å². The summed E-state index contributed by atoms with van der Waals surface area (Å²) in [5, 5.41) is 5.87. The Hall–Kier alpha value is -0.740. The highest BCUT2D eigenvalue weighted by Gasteiger charge is 2.30.